The molecule has 0 unspecified atom stereocenters. The minimum absolute atomic E-state index is 0.0697. The van der Waals surface area contributed by atoms with Gasteiger partial charge in [0.2, 0.25) is 0 Å². The molecule has 8 heteroatoms. The molecule has 2 saturated heterocycles. The van der Waals surface area contributed by atoms with Crippen LogP contribution >= 0.6 is 11.9 Å². The van der Waals surface area contributed by atoms with Gasteiger partial charge in [-0.3, -0.25) is 9.93 Å². The van der Waals surface area contributed by atoms with E-state index in [4.69, 9.17) is 5.14 Å². The fraction of sp³-hybridized carbons (Fsp3) is 0.312. The predicted octanol–water partition coefficient (Wildman–Crippen LogP) is 5.52. The van der Waals surface area contributed by atoms with E-state index in [1.807, 2.05) is 66.4 Å². The van der Waals surface area contributed by atoms with E-state index >= 15 is 0 Å². The van der Waals surface area contributed by atoms with Crippen LogP contribution in [0.5, 0.6) is 0 Å². The van der Waals surface area contributed by atoms with Gasteiger partial charge in [0.05, 0.1) is 16.9 Å². The summed E-state index contributed by atoms with van der Waals surface area (Å²) in [4.78, 5) is 21.3. The number of nitriles is 1. The lowest BCUT2D eigenvalue weighted by molar-refractivity contribution is 0.0746. The highest BCUT2D eigenvalue weighted by Crippen LogP contribution is 2.30. The first-order valence-corrected chi connectivity index (χ1v) is 14.7. The minimum atomic E-state index is 0.0697. The Kier molecular flexibility index (Phi) is 8.63. The Bertz CT molecular complexity index is 1420. The van der Waals surface area contributed by atoms with Crippen molar-refractivity contribution in [2.24, 2.45) is 5.14 Å². The summed E-state index contributed by atoms with van der Waals surface area (Å²) < 4.78 is 0. The third-order valence-corrected chi connectivity index (χ3v) is 8.57. The van der Waals surface area contributed by atoms with E-state index in [-0.39, 0.29) is 11.9 Å². The summed E-state index contributed by atoms with van der Waals surface area (Å²) in [6.45, 7) is 10.6. The molecule has 0 spiro atoms. The Morgan fingerprint density at radius 2 is 1.65 bits per heavy atom. The molecular weight excluding hydrogens is 516 g/mol. The van der Waals surface area contributed by atoms with E-state index in [1.54, 1.807) is 0 Å². The molecule has 2 aliphatic rings. The molecule has 2 aliphatic heterocycles. The molecule has 206 valence electrons. The molecule has 0 bridgehead atoms. The second-order valence-electron chi connectivity index (χ2n) is 10.4. The molecule has 1 amide bonds. The maximum atomic E-state index is 13.7. The Labute approximate surface area is 241 Å². The number of piperidine rings is 1. The van der Waals surface area contributed by atoms with Crippen molar-refractivity contribution in [2.45, 2.75) is 30.7 Å². The average molecular weight is 553 g/mol. The zero-order valence-corrected chi connectivity index (χ0v) is 23.8. The van der Waals surface area contributed by atoms with Crippen molar-refractivity contribution < 1.29 is 4.79 Å². The topological polar surface area (TPSA) is 88.6 Å². The van der Waals surface area contributed by atoms with E-state index < -0.39 is 0 Å². The van der Waals surface area contributed by atoms with Crippen molar-refractivity contribution in [3.63, 3.8) is 0 Å². The van der Waals surface area contributed by atoms with Gasteiger partial charge in [0.25, 0.3) is 5.91 Å². The van der Waals surface area contributed by atoms with E-state index in [1.165, 1.54) is 11.9 Å². The molecule has 0 atom stereocenters. The summed E-state index contributed by atoms with van der Waals surface area (Å²) in [6.07, 6.45) is 3.74. The van der Waals surface area contributed by atoms with Gasteiger partial charge in [0.1, 0.15) is 6.07 Å². The van der Waals surface area contributed by atoms with Crippen molar-refractivity contribution >= 4 is 41.0 Å². The van der Waals surface area contributed by atoms with Crippen LogP contribution in [0.4, 0.5) is 17.1 Å². The molecule has 0 aromatic heterocycles. The van der Waals surface area contributed by atoms with Crippen molar-refractivity contribution in [1.29, 1.82) is 5.26 Å². The molecule has 0 aliphatic carbocycles. The third-order valence-electron chi connectivity index (χ3n) is 7.97. The number of hydrogen-bond acceptors (Lipinski definition) is 7. The van der Waals surface area contributed by atoms with Crippen molar-refractivity contribution in [2.75, 3.05) is 54.4 Å². The summed E-state index contributed by atoms with van der Waals surface area (Å²) in [5.41, 5.74) is 6.50. The number of hydrogen-bond donors (Lipinski definition) is 2. The quantitative estimate of drug-likeness (QED) is 0.373. The number of benzene rings is 3. The van der Waals surface area contributed by atoms with Gasteiger partial charge in [-0.25, -0.2) is 0 Å². The van der Waals surface area contributed by atoms with Gasteiger partial charge < -0.3 is 20.0 Å². The first-order valence-electron chi connectivity index (χ1n) is 13.8. The standard InChI is InChI=1S/C32H36N6OS/c1-3-24-20-23(2)27(32(39)38-18-16-37(17-19-38)30-10-6-7-11-31(30)40-34)21-28(24)35-26-12-14-36(15-13-26)29-9-5-4-8-25(29)22-33/h3-11,20-21,26,35H,1,12-19,34H2,2H3. The van der Waals surface area contributed by atoms with Gasteiger partial charge in [0.15, 0.2) is 0 Å². The van der Waals surface area contributed by atoms with Gasteiger partial charge in [-0.05, 0) is 79.2 Å². The van der Waals surface area contributed by atoms with Crippen LogP contribution in [0, 0.1) is 18.3 Å². The zero-order chi connectivity index (χ0) is 28.1. The molecule has 5 rings (SSSR count). The van der Waals surface area contributed by atoms with Crippen LogP contribution in [0.3, 0.4) is 0 Å². The lowest BCUT2D eigenvalue weighted by Gasteiger charge is -2.37. The number of rotatable bonds is 7. The number of nitrogens with two attached hydrogens (primary N) is 1. The fourth-order valence-corrected chi connectivity index (χ4v) is 6.20. The van der Waals surface area contributed by atoms with Crippen molar-refractivity contribution in [3.05, 3.63) is 89.5 Å². The Balaban J connectivity index is 1.25. The molecule has 2 fully saturated rings. The van der Waals surface area contributed by atoms with Gasteiger partial charge in [0, 0.05) is 61.5 Å². The van der Waals surface area contributed by atoms with Gasteiger partial charge in [-0.15, -0.1) is 0 Å². The maximum Gasteiger partial charge on any atom is 0.254 e. The van der Waals surface area contributed by atoms with Gasteiger partial charge >= 0.3 is 0 Å². The summed E-state index contributed by atoms with van der Waals surface area (Å²) in [6, 6.07) is 22.6. The van der Waals surface area contributed by atoms with E-state index in [0.717, 1.165) is 77.7 Å². The Morgan fingerprint density at radius 1 is 1.00 bits per heavy atom. The van der Waals surface area contributed by atoms with Crippen LogP contribution < -0.4 is 20.3 Å². The van der Waals surface area contributed by atoms with E-state index in [9.17, 15) is 10.1 Å². The SMILES string of the molecule is C=Cc1cc(C)c(C(=O)N2CCN(c3ccccc3SN)CC2)cc1NC1CCN(c2ccccc2C#N)CC1. The van der Waals surface area contributed by atoms with Crippen molar-refractivity contribution in [3.8, 4) is 6.07 Å². The molecule has 3 aromatic carbocycles. The molecule has 3 aromatic rings. The fourth-order valence-electron chi connectivity index (χ4n) is 5.72. The van der Waals surface area contributed by atoms with E-state index in [0.29, 0.717) is 18.7 Å². The molecule has 0 radical (unpaired) electrons. The number of carbonyl (C=O) groups is 1. The molecule has 2 heterocycles. The molecule has 40 heavy (non-hydrogen) atoms. The largest absolute Gasteiger partial charge is 0.382 e. The highest BCUT2D eigenvalue weighted by atomic mass is 32.2. The minimum Gasteiger partial charge on any atom is -0.382 e. The van der Waals surface area contributed by atoms with Gasteiger partial charge in [-0.2, -0.15) is 5.26 Å². The summed E-state index contributed by atoms with van der Waals surface area (Å²) >= 11 is 1.26. The molecule has 0 saturated carbocycles. The second kappa shape index (κ2) is 12.5. The number of nitrogens with zero attached hydrogens (tertiary/aromatic N) is 4. The van der Waals surface area contributed by atoms with Crippen LogP contribution in [0.25, 0.3) is 6.08 Å². The van der Waals surface area contributed by atoms with Crippen LogP contribution in [-0.4, -0.2) is 56.1 Å². The summed E-state index contributed by atoms with van der Waals surface area (Å²) in [5.74, 6) is 0.0697. The third kappa shape index (κ3) is 5.81. The normalized spacial score (nSPS) is 16.0. The number of amides is 1. The predicted molar refractivity (Wildman–Crippen MR) is 166 cm³/mol. The zero-order valence-electron chi connectivity index (χ0n) is 23.0. The monoisotopic (exact) mass is 552 g/mol. The van der Waals surface area contributed by atoms with E-state index in [2.05, 4.69) is 39.9 Å². The molecule has 3 N–H and O–H groups in total. The number of nitrogens with one attached hydrogen (secondary N) is 1. The van der Waals surface area contributed by atoms with Gasteiger partial charge in [-0.1, -0.05) is 36.9 Å². The van der Waals surface area contributed by atoms with Crippen LogP contribution in [-0.2, 0) is 0 Å². The van der Waals surface area contributed by atoms with Crippen LogP contribution in [0.15, 0.2) is 72.1 Å². The number of aryl methyl sites for hydroxylation is 1. The summed E-state index contributed by atoms with van der Waals surface area (Å²) in [7, 11) is 0. The van der Waals surface area contributed by atoms with Crippen LogP contribution in [0.2, 0.25) is 0 Å². The molecule has 7 nitrogen and oxygen atoms in total. The van der Waals surface area contributed by atoms with Crippen molar-refractivity contribution in [1.82, 2.24) is 4.90 Å². The lowest BCUT2D eigenvalue weighted by atomic mass is 9.98. The Hall–Kier alpha value is -3.93. The number of para-hydroxylation sites is 2. The smallest absolute Gasteiger partial charge is 0.254 e. The number of carbonyl (C=O) groups excluding carboxylic acids is 1. The lowest BCUT2D eigenvalue weighted by Crippen LogP contribution is -2.49. The Morgan fingerprint density at radius 3 is 2.33 bits per heavy atom. The number of anilines is 3. The average Bonchev–Trinajstić information content (AvgIpc) is 3.01. The van der Waals surface area contributed by atoms with Crippen LogP contribution in [0.1, 0.15) is 39.9 Å². The maximum absolute atomic E-state index is 13.7. The molecular formula is C32H36N6OS. The summed E-state index contributed by atoms with van der Waals surface area (Å²) in [5, 5.41) is 19.1. The number of piperazine rings is 1. The second-order valence-corrected chi connectivity index (χ2v) is 11.0. The first kappa shape index (κ1) is 27.6. The highest BCUT2D eigenvalue weighted by molar-refractivity contribution is 7.97. The first-order chi connectivity index (χ1) is 19.5. The highest BCUT2D eigenvalue weighted by Gasteiger charge is 2.26.